The molecular formula is C20H28O4. The van der Waals surface area contributed by atoms with Crippen molar-refractivity contribution in [3.8, 4) is 0 Å². The largest absolute Gasteiger partial charge is 0.435 e. The molecule has 4 aliphatic carbocycles. The number of carbonyl (C=O) groups is 1. The van der Waals surface area contributed by atoms with Crippen molar-refractivity contribution in [1.29, 1.82) is 0 Å². The van der Waals surface area contributed by atoms with E-state index >= 15 is 0 Å². The van der Waals surface area contributed by atoms with Gasteiger partial charge in [0.15, 0.2) is 0 Å². The lowest BCUT2D eigenvalue weighted by Crippen LogP contribution is -2.62. The van der Waals surface area contributed by atoms with Gasteiger partial charge in [-0.1, -0.05) is 25.5 Å². The summed E-state index contributed by atoms with van der Waals surface area (Å²) >= 11 is 0. The van der Waals surface area contributed by atoms with Crippen LogP contribution in [-0.4, -0.2) is 29.1 Å². The predicted octanol–water partition coefficient (Wildman–Crippen LogP) is 2.64. The van der Waals surface area contributed by atoms with Crippen molar-refractivity contribution in [2.45, 2.75) is 58.2 Å². The summed E-state index contributed by atoms with van der Waals surface area (Å²) in [6.07, 6.45) is 5.84. The van der Waals surface area contributed by atoms with Crippen LogP contribution in [-0.2, 0) is 9.53 Å². The van der Waals surface area contributed by atoms with Gasteiger partial charge in [0.25, 0.3) is 0 Å². The SMILES string of the molecule is C=C1C[C@]23C[C@H]1CC[C@H]2[C@@]12CCC[C@@](C)(C(O)OC1=O)[C@H]2[C@@H]3CO. The molecule has 4 heteroatoms. The van der Waals surface area contributed by atoms with Crippen LogP contribution in [0.5, 0.6) is 0 Å². The highest BCUT2D eigenvalue weighted by Gasteiger charge is 2.79. The van der Waals surface area contributed by atoms with E-state index in [1.807, 2.05) is 0 Å². The number of aliphatic hydroxyl groups is 2. The summed E-state index contributed by atoms with van der Waals surface area (Å²) in [5.41, 5.74) is 0.397. The number of cyclic esters (lactones) is 1. The van der Waals surface area contributed by atoms with Crippen molar-refractivity contribution >= 4 is 5.97 Å². The van der Waals surface area contributed by atoms with Gasteiger partial charge in [-0.2, -0.15) is 0 Å². The normalized spacial score (nSPS) is 58.2. The number of ether oxygens (including phenoxy) is 1. The Hall–Kier alpha value is -0.870. The molecule has 24 heavy (non-hydrogen) atoms. The van der Waals surface area contributed by atoms with Gasteiger partial charge >= 0.3 is 5.97 Å². The molecule has 2 N–H and O–H groups in total. The fraction of sp³-hybridized carbons (Fsp3) is 0.850. The lowest BCUT2D eigenvalue weighted by atomic mass is 9.51. The average Bonchev–Trinajstić information content (AvgIpc) is 2.95. The number of rotatable bonds is 1. The average molecular weight is 332 g/mol. The van der Waals surface area contributed by atoms with Crippen molar-refractivity contribution in [2.75, 3.05) is 6.61 Å². The standard InChI is InChI=1S/C20H28O4/c1-11-8-19-9-12(11)4-5-14(19)20-7-3-6-18(2,15(20)13(19)10-21)16(22)24-17(20)23/h12-16,21-22H,1,3-10H2,2H3/t12-,13+,14-,15-,16?,18-,19-,20-/m1/s1. The van der Waals surface area contributed by atoms with E-state index in [9.17, 15) is 15.0 Å². The van der Waals surface area contributed by atoms with Crippen LogP contribution in [0.2, 0.25) is 0 Å². The fourth-order valence-corrected chi connectivity index (χ4v) is 8.26. The zero-order valence-corrected chi connectivity index (χ0v) is 14.5. The van der Waals surface area contributed by atoms with E-state index in [4.69, 9.17) is 4.74 Å². The molecule has 4 saturated carbocycles. The highest BCUT2D eigenvalue weighted by molar-refractivity contribution is 5.80. The number of hydrogen-bond acceptors (Lipinski definition) is 4. The Balaban J connectivity index is 1.75. The van der Waals surface area contributed by atoms with Crippen LogP contribution < -0.4 is 0 Å². The Morgan fingerprint density at radius 1 is 1.33 bits per heavy atom. The number of carbonyl (C=O) groups excluding carboxylic acids is 1. The smallest absolute Gasteiger partial charge is 0.315 e. The molecule has 0 amide bonds. The molecule has 8 atom stereocenters. The second-order valence-corrected chi connectivity index (χ2v) is 9.52. The van der Waals surface area contributed by atoms with Gasteiger partial charge in [0.2, 0.25) is 6.29 Å². The first-order chi connectivity index (χ1) is 11.4. The van der Waals surface area contributed by atoms with Gasteiger partial charge in [0.1, 0.15) is 0 Å². The zero-order chi connectivity index (χ0) is 16.9. The summed E-state index contributed by atoms with van der Waals surface area (Å²) in [4.78, 5) is 13.1. The predicted molar refractivity (Wildman–Crippen MR) is 87.6 cm³/mol. The number of hydrogen-bond donors (Lipinski definition) is 2. The van der Waals surface area contributed by atoms with E-state index in [1.54, 1.807) is 0 Å². The maximum atomic E-state index is 13.1. The van der Waals surface area contributed by atoms with E-state index in [1.165, 1.54) is 5.57 Å². The molecule has 4 nitrogen and oxygen atoms in total. The molecule has 5 fully saturated rings. The van der Waals surface area contributed by atoms with Crippen LogP contribution in [0.15, 0.2) is 12.2 Å². The molecule has 132 valence electrons. The number of esters is 1. The van der Waals surface area contributed by atoms with Gasteiger partial charge in [-0.05, 0) is 67.6 Å². The third-order valence-corrected chi connectivity index (χ3v) is 8.95. The summed E-state index contributed by atoms with van der Waals surface area (Å²) in [6.45, 7) is 6.52. The van der Waals surface area contributed by atoms with Crippen LogP contribution in [0.1, 0.15) is 51.9 Å². The summed E-state index contributed by atoms with van der Waals surface area (Å²) in [6, 6.07) is 0. The monoisotopic (exact) mass is 332 g/mol. The molecular weight excluding hydrogens is 304 g/mol. The molecule has 4 bridgehead atoms. The molecule has 1 unspecified atom stereocenters. The maximum Gasteiger partial charge on any atom is 0.315 e. The molecule has 0 aromatic heterocycles. The van der Waals surface area contributed by atoms with Gasteiger partial charge < -0.3 is 14.9 Å². The zero-order valence-electron chi connectivity index (χ0n) is 14.5. The first kappa shape index (κ1) is 15.4. The second kappa shape index (κ2) is 4.45. The van der Waals surface area contributed by atoms with Crippen LogP contribution in [0, 0.1) is 39.9 Å². The second-order valence-electron chi connectivity index (χ2n) is 9.52. The summed E-state index contributed by atoms with van der Waals surface area (Å²) in [7, 11) is 0. The topological polar surface area (TPSA) is 66.8 Å². The Labute approximate surface area is 143 Å². The van der Waals surface area contributed by atoms with Crippen LogP contribution >= 0.6 is 0 Å². The van der Waals surface area contributed by atoms with Crippen LogP contribution in [0.25, 0.3) is 0 Å². The lowest BCUT2D eigenvalue weighted by Gasteiger charge is -2.57. The first-order valence-corrected chi connectivity index (χ1v) is 9.58. The third-order valence-electron chi connectivity index (χ3n) is 8.95. The third kappa shape index (κ3) is 1.40. The maximum absolute atomic E-state index is 13.1. The van der Waals surface area contributed by atoms with E-state index in [0.717, 1.165) is 44.9 Å². The van der Waals surface area contributed by atoms with Gasteiger partial charge in [-0.3, -0.25) is 4.79 Å². The van der Waals surface area contributed by atoms with Gasteiger partial charge in [0, 0.05) is 12.0 Å². The highest BCUT2D eigenvalue weighted by Crippen LogP contribution is 2.79. The number of fused-ring (bicyclic) bond motifs is 1. The van der Waals surface area contributed by atoms with Crippen molar-refractivity contribution in [3.63, 3.8) is 0 Å². The quantitative estimate of drug-likeness (QED) is 0.572. The molecule has 1 aliphatic heterocycles. The molecule has 5 rings (SSSR count). The molecule has 1 spiro atoms. The molecule has 0 radical (unpaired) electrons. The van der Waals surface area contributed by atoms with E-state index in [-0.39, 0.29) is 35.7 Å². The van der Waals surface area contributed by atoms with E-state index in [0.29, 0.717) is 5.92 Å². The Morgan fingerprint density at radius 2 is 2.12 bits per heavy atom. The Bertz CT molecular complexity index is 629. The molecule has 0 aromatic rings. The number of allylic oxidation sites excluding steroid dienone is 1. The van der Waals surface area contributed by atoms with Gasteiger partial charge in [-0.15, -0.1) is 0 Å². The summed E-state index contributed by atoms with van der Waals surface area (Å²) < 4.78 is 5.55. The molecule has 1 heterocycles. The van der Waals surface area contributed by atoms with Gasteiger partial charge in [0.05, 0.1) is 5.41 Å². The minimum absolute atomic E-state index is 0.00586. The van der Waals surface area contributed by atoms with Crippen molar-refractivity contribution in [1.82, 2.24) is 0 Å². The van der Waals surface area contributed by atoms with Crippen molar-refractivity contribution < 1.29 is 19.7 Å². The Morgan fingerprint density at radius 3 is 2.88 bits per heavy atom. The minimum atomic E-state index is -1.03. The summed E-state index contributed by atoms with van der Waals surface area (Å²) in [5.74, 6) is 0.767. The van der Waals surface area contributed by atoms with Crippen LogP contribution in [0.3, 0.4) is 0 Å². The highest BCUT2D eigenvalue weighted by atomic mass is 16.6. The molecule has 5 aliphatic rings. The van der Waals surface area contributed by atoms with Crippen molar-refractivity contribution in [2.24, 2.45) is 39.9 Å². The minimum Gasteiger partial charge on any atom is -0.435 e. The Kier molecular flexibility index (Phi) is 2.85. The lowest BCUT2D eigenvalue weighted by molar-refractivity contribution is -0.266. The van der Waals surface area contributed by atoms with Gasteiger partial charge in [-0.25, -0.2) is 0 Å². The fourth-order valence-electron chi connectivity index (χ4n) is 8.26. The molecule has 1 saturated heterocycles. The van der Waals surface area contributed by atoms with Crippen molar-refractivity contribution in [3.05, 3.63) is 12.2 Å². The number of aliphatic hydroxyl groups excluding tert-OH is 2. The first-order valence-electron chi connectivity index (χ1n) is 9.58. The van der Waals surface area contributed by atoms with E-state index in [2.05, 4.69) is 13.5 Å². The summed E-state index contributed by atoms with van der Waals surface area (Å²) in [5, 5.41) is 21.0. The van der Waals surface area contributed by atoms with E-state index < -0.39 is 17.1 Å². The molecule has 0 aromatic carbocycles. The van der Waals surface area contributed by atoms with Crippen LogP contribution in [0.4, 0.5) is 0 Å².